The number of nitrogens with two attached hydrogens (primary N) is 1. The molecule has 0 aliphatic carbocycles. The van der Waals surface area contributed by atoms with Crippen molar-refractivity contribution in [1.29, 1.82) is 0 Å². The van der Waals surface area contributed by atoms with Crippen molar-refractivity contribution >= 4 is 11.6 Å². The normalized spacial score (nSPS) is 13.4. The quantitative estimate of drug-likeness (QED) is 0.823. The summed E-state index contributed by atoms with van der Waals surface area (Å²) in [6, 6.07) is 17.6. The number of nitrogens with one attached hydrogen (secondary N) is 1. The van der Waals surface area contributed by atoms with Crippen molar-refractivity contribution < 1.29 is 4.79 Å². The van der Waals surface area contributed by atoms with Crippen molar-refractivity contribution in [2.45, 2.75) is 32.2 Å². The molecule has 2 unspecified atom stereocenters. The molecule has 2 aromatic rings. The summed E-state index contributed by atoms with van der Waals surface area (Å²) in [5.41, 5.74) is 8.54. The Kier molecular flexibility index (Phi) is 4.99. The van der Waals surface area contributed by atoms with E-state index in [1.165, 1.54) is 0 Å². The number of rotatable bonds is 5. The molecule has 21 heavy (non-hydrogen) atoms. The number of benzene rings is 2. The third kappa shape index (κ3) is 3.85. The Morgan fingerprint density at radius 3 is 2.38 bits per heavy atom. The van der Waals surface area contributed by atoms with E-state index in [2.05, 4.69) is 12.2 Å². The second-order valence-corrected chi connectivity index (χ2v) is 5.27. The number of nitrogen functional groups attached to an aromatic ring is 1. The van der Waals surface area contributed by atoms with Crippen LogP contribution in [0.2, 0.25) is 0 Å². The van der Waals surface area contributed by atoms with Crippen molar-refractivity contribution in [3.63, 3.8) is 0 Å². The zero-order valence-corrected chi connectivity index (χ0v) is 12.5. The smallest absolute Gasteiger partial charge is 0.227 e. The molecule has 0 aliphatic heterocycles. The molecule has 110 valence electrons. The van der Waals surface area contributed by atoms with E-state index in [9.17, 15) is 4.79 Å². The average molecular weight is 282 g/mol. The lowest BCUT2D eigenvalue weighted by Crippen LogP contribution is -2.31. The van der Waals surface area contributed by atoms with Crippen molar-refractivity contribution in [1.82, 2.24) is 5.32 Å². The average Bonchev–Trinajstić information content (AvgIpc) is 2.52. The molecule has 0 saturated heterocycles. The van der Waals surface area contributed by atoms with Gasteiger partial charge in [-0.1, -0.05) is 49.4 Å². The summed E-state index contributed by atoms with van der Waals surface area (Å²) < 4.78 is 0. The zero-order valence-electron chi connectivity index (χ0n) is 12.5. The van der Waals surface area contributed by atoms with Crippen LogP contribution in [-0.2, 0) is 4.79 Å². The maximum atomic E-state index is 12.4. The van der Waals surface area contributed by atoms with Gasteiger partial charge in [0.1, 0.15) is 0 Å². The number of anilines is 1. The first-order chi connectivity index (χ1) is 10.1. The lowest BCUT2D eigenvalue weighted by molar-refractivity contribution is -0.123. The number of hydrogen-bond donors (Lipinski definition) is 2. The van der Waals surface area contributed by atoms with Gasteiger partial charge in [-0.3, -0.25) is 4.79 Å². The fourth-order valence-electron chi connectivity index (χ4n) is 2.38. The largest absolute Gasteiger partial charge is 0.399 e. The highest BCUT2D eigenvalue weighted by Crippen LogP contribution is 2.21. The minimum absolute atomic E-state index is 0.0244. The van der Waals surface area contributed by atoms with Crippen LogP contribution < -0.4 is 11.1 Å². The van der Waals surface area contributed by atoms with E-state index in [4.69, 9.17) is 5.73 Å². The van der Waals surface area contributed by atoms with E-state index in [0.717, 1.165) is 17.5 Å². The summed E-state index contributed by atoms with van der Waals surface area (Å²) in [7, 11) is 0. The van der Waals surface area contributed by atoms with E-state index in [1.54, 1.807) is 0 Å². The van der Waals surface area contributed by atoms with Gasteiger partial charge in [0.15, 0.2) is 0 Å². The van der Waals surface area contributed by atoms with Crippen molar-refractivity contribution in [2.24, 2.45) is 0 Å². The Labute approximate surface area is 126 Å². The number of amides is 1. The van der Waals surface area contributed by atoms with E-state index in [1.807, 2.05) is 61.5 Å². The van der Waals surface area contributed by atoms with Crippen LogP contribution in [0.1, 0.15) is 43.4 Å². The van der Waals surface area contributed by atoms with Gasteiger partial charge in [-0.25, -0.2) is 0 Å². The van der Waals surface area contributed by atoms with Gasteiger partial charge in [-0.2, -0.15) is 0 Å². The Hall–Kier alpha value is -2.29. The van der Waals surface area contributed by atoms with Gasteiger partial charge in [-0.15, -0.1) is 0 Å². The second kappa shape index (κ2) is 6.93. The van der Waals surface area contributed by atoms with Crippen LogP contribution in [0.3, 0.4) is 0 Å². The maximum Gasteiger partial charge on any atom is 0.227 e. The predicted molar refractivity (Wildman–Crippen MR) is 86.9 cm³/mol. The van der Waals surface area contributed by atoms with Crippen LogP contribution in [0.4, 0.5) is 5.69 Å². The topological polar surface area (TPSA) is 55.1 Å². The molecule has 3 nitrogen and oxygen atoms in total. The van der Waals surface area contributed by atoms with Crippen LogP contribution >= 0.6 is 0 Å². The summed E-state index contributed by atoms with van der Waals surface area (Å²) >= 11 is 0. The maximum absolute atomic E-state index is 12.4. The van der Waals surface area contributed by atoms with Gasteiger partial charge < -0.3 is 11.1 Å². The summed E-state index contributed by atoms with van der Waals surface area (Å²) in [5.74, 6) is -0.192. The van der Waals surface area contributed by atoms with Crippen LogP contribution in [0.5, 0.6) is 0 Å². The first-order valence-corrected chi connectivity index (χ1v) is 7.32. The Morgan fingerprint density at radius 2 is 1.76 bits per heavy atom. The third-order valence-electron chi connectivity index (χ3n) is 3.73. The standard InChI is InChI=1S/C18H22N2O/c1-3-17(14-8-5-4-6-9-14)20-18(21)13(2)15-10-7-11-16(19)12-15/h4-13,17H,3,19H2,1-2H3,(H,20,21). The summed E-state index contributed by atoms with van der Waals surface area (Å²) in [6.07, 6.45) is 0.861. The third-order valence-corrected chi connectivity index (χ3v) is 3.73. The van der Waals surface area contributed by atoms with Crippen LogP contribution in [-0.4, -0.2) is 5.91 Å². The minimum Gasteiger partial charge on any atom is -0.399 e. The molecular weight excluding hydrogens is 260 g/mol. The summed E-state index contributed by atoms with van der Waals surface area (Å²) in [4.78, 5) is 12.4. The molecule has 0 aliphatic rings. The summed E-state index contributed by atoms with van der Waals surface area (Å²) in [5, 5.41) is 3.12. The molecule has 2 atom stereocenters. The van der Waals surface area contributed by atoms with Gasteiger partial charge >= 0.3 is 0 Å². The van der Waals surface area contributed by atoms with Gasteiger partial charge in [0, 0.05) is 5.69 Å². The van der Waals surface area contributed by atoms with Crippen LogP contribution in [0.15, 0.2) is 54.6 Å². The minimum atomic E-state index is -0.216. The Morgan fingerprint density at radius 1 is 1.10 bits per heavy atom. The SMILES string of the molecule is CCC(NC(=O)C(C)c1cccc(N)c1)c1ccccc1. The monoisotopic (exact) mass is 282 g/mol. The number of hydrogen-bond acceptors (Lipinski definition) is 2. The molecule has 0 saturated carbocycles. The lowest BCUT2D eigenvalue weighted by Gasteiger charge is -2.20. The molecule has 0 aromatic heterocycles. The fourth-order valence-corrected chi connectivity index (χ4v) is 2.38. The highest BCUT2D eigenvalue weighted by atomic mass is 16.1. The van der Waals surface area contributed by atoms with Gasteiger partial charge in [0.2, 0.25) is 5.91 Å². The number of carbonyl (C=O) groups is 1. The Balaban J connectivity index is 2.09. The van der Waals surface area contributed by atoms with E-state index < -0.39 is 0 Å². The molecule has 1 amide bonds. The number of carbonyl (C=O) groups excluding carboxylic acids is 1. The first kappa shape index (κ1) is 15.1. The molecule has 3 heteroatoms. The van der Waals surface area contributed by atoms with E-state index in [-0.39, 0.29) is 17.9 Å². The van der Waals surface area contributed by atoms with Crippen molar-refractivity contribution in [3.8, 4) is 0 Å². The molecule has 0 bridgehead atoms. The van der Waals surface area contributed by atoms with Crippen molar-refractivity contribution in [2.75, 3.05) is 5.73 Å². The lowest BCUT2D eigenvalue weighted by atomic mass is 9.98. The molecule has 2 aromatic carbocycles. The van der Waals surface area contributed by atoms with E-state index in [0.29, 0.717) is 5.69 Å². The van der Waals surface area contributed by atoms with Crippen LogP contribution in [0.25, 0.3) is 0 Å². The predicted octanol–water partition coefficient (Wildman–Crippen LogP) is 3.64. The van der Waals surface area contributed by atoms with Crippen molar-refractivity contribution in [3.05, 3.63) is 65.7 Å². The summed E-state index contributed by atoms with van der Waals surface area (Å²) in [6.45, 7) is 3.98. The molecule has 0 radical (unpaired) electrons. The second-order valence-electron chi connectivity index (χ2n) is 5.27. The molecule has 0 fully saturated rings. The highest BCUT2D eigenvalue weighted by molar-refractivity contribution is 5.83. The van der Waals surface area contributed by atoms with E-state index >= 15 is 0 Å². The zero-order chi connectivity index (χ0) is 15.2. The molecule has 3 N–H and O–H groups in total. The molecule has 0 heterocycles. The molecule has 2 rings (SSSR count). The highest BCUT2D eigenvalue weighted by Gasteiger charge is 2.19. The fraction of sp³-hybridized carbons (Fsp3) is 0.278. The van der Waals surface area contributed by atoms with Crippen LogP contribution in [0, 0.1) is 0 Å². The van der Waals surface area contributed by atoms with Gasteiger partial charge in [0.25, 0.3) is 0 Å². The Bertz CT molecular complexity index is 595. The first-order valence-electron chi connectivity index (χ1n) is 7.32. The van der Waals surface area contributed by atoms with Gasteiger partial charge in [-0.05, 0) is 36.6 Å². The van der Waals surface area contributed by atoms with Gasteiger partial charge in [0.05, 0.1) is 12.0 Å². The molecule has 0 spiro atoms. The molecular formula is C18H22N2O.